The Morgan fingerprint density at radius 1 is 1.21 bits per heavy atom. The van der Waals surface area contributed by atoms with Gasteiger partial charge in [-0.15, -0.1) is 0 Å². The van der Waals surface area contributed by atoms with Crippen LogP contribution in [0.5, 0.6) is 0 Å². The van der Waals surface area contributed by atoms with Gasteiger partial charge in [0.05, 0.1) is 0 Å². The van der Waals surface area contributed by atoms with E-state index in [1.54, 1.807) is 5.20 Å². The van der Waals surface area contributed by atoms with E-state index in [1.807, 2.05) is 0 Å². The Labute approximate surface area is 89.7 Å². The number of nitrogens with zero attached hydrogens (tertiary/aromatic N) is 1. The second-order valence-electron chi connectivity index (χ2n) is 5.76. The summed E-state index contributed by atoms with van der Waals surface area (Å²) in [6.07, 6.45) is 4.98. The van der Waals surface area contributed by atoms with Gasteiger partial charge < -0.3 is 4.23 Å². The van der Waals surface area contributed by atoms with E-state index in [-0.39, 0.29) is 0 Å². The number of fused-ring (bicyclic) bond motifs is 1. The molecule has 1 nitrogen and oxygen atoms in total. The van der Waals surface area contributed by atoms with Crippen LogP contribution in [0.25, 0.3) is 0 Å². The van der Waals surface area contributed by atoms with Crippen molar-refractivity contribution in [2.24, 2.45) is 0 Å². The maximum absolute atomic E-state index is 2.78. The fourth-order valence-corrected chi connectivity index (χ4v) is 15.4. The van der Waals surface area contributed by atoms with Crippen LogP contribution >= 0.6 is 0 Å². The lowest BCUT2D eigenvalue weighted by molar-refractivity contribution is 0.774. The summed E-state index contributed by atoms with van der Waals surface area (Å²) in [6, 6.07) is 0. The summed E-state index contributed by atoms with van der Waals surface area (Å²) in [7, 11) is -0.0852. The minimum atomic E-state index is -1.25. The first-order valence-electron chi connectivity index (χ1n) is 5.42. The Morgan fingerprint density at radius 2 is 1.79 bits per heavy atom. The number of hydrogen-bond acceptors (Lipinski definition) is 1. The summed E-state index contributed by atoms with van der Waals surface area (Å²) < 4.78 is 2.78. The third-order valence-corrected chi connectivity index (χ3v) is 15.3. The Hall–Kier alpha value is -0.126. The maximum Gasteiger partial charge on any atom is 0.143 e. The predicted molar refractivity (Wildman–Crippen MR) is 68.3 cm³/mol. The second-order valence-corrected chi connectivity index (χ2v) is 15.2. The lowest BCUT2D eigenvalue weighted by atomic mass is 10.3. The molecule has 1 aliphatic heterocycles. The predicted octanol–water partition coefficient (Wildman–Crippen LogP) is 3.14. The van der Waals surface area contributed by atoms with E-state index in [0.29, 0.717) is 0 Å². The third-order valence-electron chi connectivity index (χ3n) is 4.32. The molecule has 0 saturated carbocycles. The SMILES string of the molecule is CC1=CC2C(=C1)[Si](C)(C)N(C)[Si]2(C)C. The van der Waals surface area contributed by atoms with Gasteiger partial charge >= 0.3 is 0 Å². The van der Waals surface area contributed by atoms with Crippen molar-refractivity contribution in [2.45, 2.75) is 38.7 Å². The Balaban J connectivity index is 2.53. The molecule has 78 valence electrons. The molecule has 0 N–H and O–H groups in total. The van der Waals surface area contributed by atoms with Crippen LogP contribution in [-0.4, -0.2) is 27.7 Å². The third kappa shape index (κ3) is 1.09. The van der Waals surface area contributed by atoms with Crippen molar-refractivity contribution in [3.63, 3.8) is 0 Å². The molecular formula is C11H21NSi2. The van der Waals surface area contributed by atoms with Gasteiger partial charge in [0.2, 0.25) is 0 Å². The van der Waals surface area contributed by atoms with E-state index in [2.05, 4.69) is 56.5 Å². The van der Waals surface area contributed by atoms with Crippen molar-refractivity contribution in [2.75, 3.05) is 7.05 Å². The Bertz CT molecular complexity index is 339. The van der Waals surface area contributed by atoms with Gasteiger partial charge in [0.15, 0.2) is 0 Å². The average Bonchev–Trinajstić information content (AvgIpc) is 2.50. The second kappa shape index (κ2) is 2.71. The largest absolute Gasteiger partial charge is 0.344 e. The summed E-state index contributed by atoms with van der Waals surface area (Å²) in [5.74, 6) is 0. The molecule has 1 fully saturated rings. The van der Waals surface area contributed by atoms with Gasteiger partial charge in [0, 0.05) is 5.54 Å². The Kier molecular flexibility index (Phi) is 2.01. The van der Waals surface area contributed by atoms with E-state index in [1.165, 1.54) is 5.57 Å². The van der Waals surface area contributed by atoms with Gasteiger partial charge in [0.25, 0.3) is 0 Å². The number of hydrogen-bond donors (Lipinski definition) is 0. The maximum atomic E-state index is 2.78. The fourth-order valence-electron chi connectivity index (χ4n) is 3.00. The highest BCUT2D eigenvalue weighted by molar-refractivity contribution is 7.01. The molecular weight excluding hydrogens is 202 g/mol. The first-order valence-corrected chi connectivity index (χ1v) is 11.4. The van der Waals surface area contributed by atoms with Crippen molar-refractivity contribution < 1.29 is 0 Å². The van der Waals surface area contributed by atoms with E-state index in [0.717, 1.165) is 5.54 Å². The highest BCUT2D eigenvalue weighted by Crippen LogP contribution is 2.51. The molecule has 1 saturated heterocycles. The molecule has 0 spiro atoms. The molecule has 14 heavy (non-hydrogen) atoms. The van der Waals surface area contributed by atoms with Crippen molar-refractivity contribution in [1.82, 2.24) is 4.23 Å². The van der Waals surface area contributed by atoms with Crippen molar-refractivity contribution in [3.8, 4) is 0 Å². The average molecular weight is 223 g/mol. The van der Waals surface area contributed by atoms with Gasteiger partial charge in [-0.25, -0.2) is 0 Å². The quantitative estimate of drug-likeness (QED) is 0.570. The number of rotatable bonds is 0. The fraction of sp³-hybridized carbons (Fsp3) is 0.636. The molecule has 2 aliphatic rings. The van der Waals surface area contributed by atoms with Crippen molar-refractivity contribution in [1.29, 1.82) is 0 Å². The van der Waals surface area contributed by atoms with Crippen LogP contribution in [0.1, 0.15) is 6.92 Å². The molecule has 0 bridgehead atoms. The summed E-state index contributed by atoms with van der Waals surface area (Å²) in [5, 5.41) is 1.79. The highest BCUT2D eigenvalue weighted by Gasteiger charge is 2.55. The van der Waals surface area contributed by atoms with Gasteiger partial charge in [-0.1, -0.05) is 49.1 Å². The van der Waals surface area contributed by atoms with Crippen LogP contribution in [0.4, 0.5) is 0 Å². The zero-order chi connectivity index (χ0) is 10.7. The first kappa shape index (κ1) is 10.4. The smallest absolute Gasteiger partial charge is 0.143 e. The van der Waals surface area contributed by atoms with Gasteiger partial charge in [0.1, 0.15) is 16.5 Å². The topological polar surface area (TPSA) is 3.24 Å². The molecule has 0 aromatic heterocycles. The number of allylic oxidation sites excluding steroid dienone is 4. The van der Waals surface area contributed by atoms with Gasteiger partial charge in [-0.05, 0) is 14.0 Å². The molecule has 1 atom stereocenters. The molecule has 1 unspecified atom stereocenters. The minimum absolute atomic E-state index is 0.814. The monoisotopic (exact) mass is 223 g/mol. The summed E-state index contributed by atoms with van der Waals surface area (Å²) in [4.78, 5) is 0. The van der Waals surface area contributed by atoms with Crippen LogP contribution in [0.2, 0.25) is 31.7 Å². The molecule has 3 heteroatoms. The summed E-state index contributed by atoms with van der Waals surface area (Å²) >= 11 is 0. The molecule has 0 aromatic rings. The van der Waals surface area contributed by atoms with E-state index < -0.39 is 16.5 Å². The Morgan fingerprint density at radius 3 is 2.29 bits per heavy atom. The first-order chi connectivity index (χ1) is 6.28. The highest BCUT2D eigenvalue weighted by atomic mass is 28.4. The molecule has 0 aromatic carbocycles. The van der Waals surface area contributed by atoms with Crippen LogP contribution < -0.4 is 0 Å². The normalized spacial score (nSPS) is 34.0. The van der Waals surface area contributed by atoms with Crippen LogP contribution in [-0.2, 0) is 0 Å². The van der Waals surface area contributed by atoms with E-state index in [4.69, 9.17) is 0 Å². The molecule has 1 heterocycles. The van der Waals surface area contributed by atoms with Crippen molar-refractivity contribution in [3.05, 3.63) is 22.9 Å². The van der Waals surface area contributed by atoms with E-state index in [9.17, 15) is 0 Å². The zero-order valence-corrected chi connectivity index (χ0v) is 12.2. The van der Waals surface area contributed by atoms with Crippen molar-refractivity contribution >= 4 is 16.5 Å². The summed E-state index contributed by atoms with van der Waals surface area (Å²) in [5.41, 5.74) is 2.31. The standard InChI is InChI=1S/C11H21NSi2/c1-9-7-10-11(8-9)14(5,6)12(2)13(10,3)4/h7-8,10H,1-6H3. The van der Waals surface area contributed by atoms with Crippen LogP contribution in [0.15, 0.2) is 22.9 Å². The minimum Gasteiger partial charge on any atom is -0.344 e. The molecule has 1 aliphatic carbocycles. The lowest BCUT2D eigenvalue weighted by Crippen LogP contribution is -2.53. The lowest BCUT2D eigenvalue weighted by Gasteiger charge is -2.35. The molecule has 2 rings (SSSR count). The molecule has 0 amide bonds. The van der Waals surface area contributed by atoms with E-state index >= 15 is 0 Å². The molecule has 0 radical (unpaired) electrons. The van der Waals surface area contributed by atoms with Gasteiger partial charge in [-0.3, -0.25) is 0 Å². The van der Waals surface area contributed by atoms with Gasteiger partial charge in [-0.2, -0.15) is 0 Å². The van der Waals surface area contributed by atoms with Crippen LogP contribution in [0.3, 0.4) is 0 Å². The zero-order valence-electron chi connectivity index (χ0n) is 10.2. The summed E-state index contributed by atoms with van der Waals surface area (Å²) in [6.45, 7) is 12.3. The van der Waals surface area contributed by atoms with Crippen LogP contribution in [0, 0.1) is 0 Å².